The highest BCUT2D eigenvalue weighted by Crippen LogP contribution is 2.35. The van der Waals surface area contributed by atoms with Gasteiger partial charge in [-0.25, -0.2) is 0 Å². The van der Waals surface area contributed by atoms with Crippen LogP contribution in [0.3, 0.4) is 0 Å². The van der Waals surface area contributed by atoms with Gasteiger partial charge in [0.15, 0.2) is 0 Å². The summed E-state index contributed by atoms with van der Waals surface area (Å²) in [5.74, 6) is 0. The Morgan fingerprint density at radius 1 is 1.17 bits per heavy atom. The molecule has 0 aliphatic carbocycles. The number of aldehydes is 1. The van der Waals surface area contributed by atoms with Crippen molar-refractivity contribution in [2.45, 2.75) is 19.1 Å². The van der Waals surface area contributed by atoms with E-state index in [-0.39, 0.29) is 5.56 Å². The molecule has 1 heterocycles. The molecular weight excluding hydrogens is 305 g/mol. The van der Waals surface area contributed by atoms with Crippen molar-refractivity contribution < 1.29 is 18.0 Å². The van der Waals surface area contributed by atoms with E-state index >= 15 is 0 Å². The molecule has 3 nitrogen and oxygen atoms in total. The molecule has 0 spiro atoms. The molecule has 0 aliphatic heterocycles. The quantitative estimate of drug-likeness (QED) is 0.668. The molecule has 0 N–H and O–H groups in total. The first-order valence-electron chi connectivity index (χ1n) is 7.00. The van der Waals surface area contributed by atoms with E-state index in [4.69, 9.17) is 0 Å². The Hall–Kier alpha value is -2.63. The van der Waals surface area contributed by atoms with Crippen LogP contribution in [0.2, 0.25) is 0 Å². The van der Waals surface area contributed by atoms with E-state index in [1.807, 2.05) is 0 Å². The number of hydrogen-bond acceptors (Lipinski definition) is 2. The number of rotatable bonds is 3. The van der Waals surface area contributed by atoms with Gasteiger partial charge in [-0.05, 0) is 36.8 Å². The lowest BCUT2D eigenvalue weighted by Gasteiger charge is -2.18. The van der Waals surface area contributed by atoms with Crippen molar-refractivity contribution in [1.29, 1.82) is 0 Å². The normalized spacial score (nSPS) is 13.2. The number of hydrogen-bond donors (Lipinski definition) is 0. The van der Waals surface area contributed by atoms with Gasteiger partial charge in [0.25, 0.3) is 0 Å². The van der Waals surface area contributed by atoms with Crippen molar-refractivity contribution in [1.82, 2.24) is 9.78 Å². The first kappa shape index (κ1) is 15.3. The van der Waals surface area contributed by atoms with Gasteiger partial charge in [-0.15, -0.1) is 0 Å². The van der Waals surface area contributed by atoms with Crippen LogP contribution in [0.5, 0.6) is 0 Å². The minimum absolute atomic E-state index is 0.156. The van der Waals surface area contributed by atoms with Gasteiger partial charge in [0, 0.05) is 17.1 Å². The lowest BCUT2D eigenvalue weighted by Crippen LogP contribution is -2.15. The molecule has 1 atom stereocenters. The van der Waals surface area contributed by atoms with Gasteiger partial charge in [0.2, 0.25) is 0 Å². The van der Waals surface area contributed by atoms with Gasteiger partial charge in [-0.2, -0.15) is 18.3 Å². The Labute approximate surface area is 130 Å². The van der Waals surface area contributed by atoms with Crippen LogP contribution in [0, 0.1) is 0 Å². The monoisotopic (exact) mass is 318 g/mol. The summed E-state index contributed by atoms with van der Waals surface area (Å²) in [7, 11) is 0. The fourth-order valence-corrected chi connectivity index (χ4v) is 2.60. The number of carbonyl (C=O) groups excluding carboxylic acids is 1. The highest BCUT2D eigenvalue weighted by atomic mass is 19.4. The van der Waals surface area contributed by atoms with E-state index in [1.54, 1.807) is 37.4 Å². The van der Waals surface area contributed by atoms with Crippen LogP contribution in [0.1, 0.15) is 34.5 Å². The van der Waals surface area contributed by atoms with Crippen LogP contribution in [-0.2, 0) is 6.18 Å². The third-order valence-electron chi connectivity index (χ3n) is 3.80. The summed E-state index contributed by atoms with van der Waals surface area (Å²) in [5, 5.41) is 5.03. The summed E-state index contributed by atoms with van der Waals surface area (Å²) in [5.41, 5.74) is 0.622. The van der Waals surface area contributed by atoms with Gasteiger partial charge >= 0.3 is 6.18 Å². The first-order chi connectivity index (χ1) is 10.9. The highest BCUT2D eigenvalue weighted by Gasteiger charge is 2.34. The molecule has 0 radical (unpaired) electrons. The Kier molecular flexibility index (Phi) is 3.67. The molecule has 0 fully saturated rings. The number of fused-ring (bicyclic) bond motifs is 1. The second-order valence-corrected chi connectivity index (χ2v) is 5.31. The van der Waals surface area contributed by atoms with Gasteiger partial charge in [0.1, 0.15) is 6.29 Å². The number of nitrogens with zero attached hydrogens (tertiary/aromatic N) is 2. The van der Waals surface area contributed by atoms with Crippen LogP contribution in [0.25, 0.3) is 10.9 Å². The molecule has 0 saturated heterocycles. The van der Waals surface area contributed by atoms with Crippen molar-refractivity contribution in [3.05, 3.63) is 65.4 Å². The maximum Gasteiger partial charge on any atom is 0.416 e. The van der Waals surface area contributed by atoms with Crippen LogP contribution < -0.4 is 0 Å². The summed E-state index contributed by atoms with van der Waals surface area (Å²) < 4.78 is 41.0. The summed E-state index contributed by atoms with van der Waals surface area (Å²) in [6, 6.07) is 9.85. The fourth-order valence-electron chi connectivity index (χ4n) is 2.60. The highest BCUT2D eigenvalue weighted by molar-refractivity contribution is 5.86. The fraction of sp³-hybridized carbons (Fsp3) is 0.176. The van der Waals surface area contributed by atoms with E-state index in [1.165, 1.54) is 16.8 Å². The number of halogens is 3. The Balaban J connectivity index is 2.07. The molecule has 0 amide bonds. The van der Waals surface area contributed by atoms with Gasteiger partial charge in [0.05, 0.1) is 17.1 Å². The van der Waals surface area contributed by atoms with Crippen molar-refractivity contribution in [3.8, 4) is 0 Å². The molecule has 2 aromatic carbocycles. The van der Waals surface area contributed by atoms with E-state index in [0.29, 0.717) is 16.5 Å². The van der Waals surface area contributed by atoms with Gasteiger partial charge in [-0.3, -0.25) is 9.48 Å². The average Bonchev–Trinajstić information content (AvgIpc) is 2.96. The minimum atomic E-state index is -4.41. The molecule has 118 valence electrons. The zero-order valence-electron chi connectivity index (χ0n) is 12.2. The second kappa shape index (κ2) is 5.53. The molecule has 6 heteroatoms. The van der Waals surface area contributed by atoms with Crippen LogP contribution >= 0.6 is 0 Å². The minimum Gasteiger partial charge on any atom is -0.298 e. The maximum absolute atomic E-state index is 13.2. The topological polar surface area (TPSA) is 34.9 Å². The van der Waals surface area contributed by atoms with E-state index in [0.717, 1.165) is 12.4 Å². The predicted molar refractivity (Wildman–Crippen MR) is 80.4 cm³/mol. The number of benzene rings is 2. The lowest BCUT2D eigenvalue weighted by molar-refractivity contribution is -0.138. The van der Waals surface area contributed by atoms with Gasteiger partial charge in [-0.1, -0.05) is 18.2 Å². The summed E-state index contributed by atoms with van der Waals surface area (Å²) in [4.78, 5) is 10.8. The Morgan fingerprint density at radius 2 is 1.91 bits per heavy atom. The SMILES string of the molecule is CC(c1ccccc1C(F)(F)F)n1cc2cc(C=O)ccc2n1. The first-order valence-corrected chi connectivity index (χ1v) is 7.00. The molecule has 3 aromatic rings. The molecule has 1 aromatic heterocycles. The average molecular weight is 318 g/mol. The van der Waals surface area contributed by atoms with E-state index in [2.05, 4.69) is 5.10 Å². The van der Waals surface area contributed by atoms with Crippen LogP contribution in [0.4, 0.5) is 13.2 Å². The Morgan fingerprint density at radius 3 is 2.61 bits per heavy atom. The van der Waals surface area contributed by atoms with Crippen LogP contribution in [0.15, 0.2) is 48.7 Å². The predicted octanol–water partition coefficient (Wildman–Crippen LogP) is 4.48. The van der Waals surface area contributed by atoms with E-state index < -0.39 is 17.8 Å². The van der Waals surface area contributed by atoms with Crippen molar-refractivity contribution in [3.63, 3.8) is 0 Å². The number of carbonyl (C=O) groups is 1. The zero-order chi connectivity index (χ0) is 16.6. The summed E-state index contributed by atoms with van der Waals surface area (Å²) in [6.45, 7) is 1.66. The smallest absolute Gasteiger partial charge is 0.298 e. The van der Waals surface area contributed by atoms with Gasteiger partial charge < -0.3 is 0 Å². The van der Waals surface area contributed by atoms with E-state index in [9.17, 15) is 18.0 Å². The molecule has 23 heavy (non-hydrogen) atoms. The number of aromatic nitrogens is 2. The summed E-state index contributed by atoms with van der Waals surface area (Å²) >= 11 is 0. The standard InChI is InChI=1S/C17H13F3N2O/c1-11(14-4-2-3-5-15(14)17(18,19)20)22-9-13-8-12(10-23)6-7-16(13)21-22/h2-11H,1H3. The summed E-state index contributed by atoms with van der Waals surface area (Å²) in [6.07, 6.45) is -2.04. The molecule has 0 bridgehead atoms. The zero-order valence-corrected chi connectivity index (χ0v) is 12.2. The largest absolute Gasteiger partial charge is 0.416 e. The lowest BCUT2D eigenvalue weighted by atomic mass is 10.0. The second-order valence-electron chi connectivity index (χ2n) is 5.31. The third-order valence-corrected chi connectivity index (χ3v) is 3.80. The third kappa shape index (κ3) is 2.84. The van der Waals surface area contributed by atoms with Crippen molar-refractivity contribution in [2.24, 2.45) is 0 Å². The molecule has 0 aliphatic rings. The van der Waals surface area contributed by atoms with Crippen LogP contribution in [-0.4, -0.2) is 16.1 Å². The Bertz CT molecular complexity index is 868. The maximum atomic E-state index is 13.2. The molecule has 1 unspecified atom stereocenters. The molecule has 3 rings (SSSR count). The molecular formula is C17H13F3N2O. The number of alkyl halides is 3. The van der Waals surface area contributed by atoms with Crippen molar-refractivity contribution in [2.75, 3.05) is 0 Å². The molecule has 0 saturated carbocycles. The van der Waals surface area contributed by atoms with Crippen molar-refractivity contribution >= 4 is 17.2 Å².